The van der Waals surface area contributed by atoms with Gasteiger partial charge < -0.3 is 10.6 Å². The van der Waals surface area contributed by atoms with Gasteiger partial charge >= 0.3 is 0 Å². The molecule has 1 heterocycles. The van der Waals surface area contributed by atoms with E-state index < -0.39 is 0 Å². The van der Waals surface area contributed by atoms with Gasteiger partial charge in [0.05, 0.1) is 17.6 Å². The summed E-state index contributed by atoms with van der Waals surface area (Å²) >= 11 is 0. The minimum atomic E-state index is 0.0164. The summed E-state index contributed by atoms with van der Waals surface area (Å²) in [5.74, 6) is 0.858. The quantitative estimate of drug-likeness (QED) is 0.889. The number of rotatable bonds is 4. The molecule has 0 spiro atoms. The van der Waals surface area contributed by atoms with Crippen LogP contribution in [0, 0.1) is 5.92 Å². The minimum Gasteiger partial charge on any atom is -0.373 e. The second-order valence-corrected chi connectivity index (χ2v) is 5.61. The Hall–Kier alpha value is -1.09. The van der Waals surface area contributed by atoms with Crippen molar-refractivity contribution in [3.05, 3.63) is 24.0 Å². The van der Waals surface area contributed by atoms with Crippen LogP contribution >= 0.6 is 0 Å². The lowest BCUT2D eigenvalue weighted by atomic mass is 9.89. The van der Waals surface area contributed by atoms with Crippen molar-refractivity contribution < 1.29 is 0 Å². The van der Waals surface area contributed by atoms with Gasteiger partial charge in [-0.1, -0.05) is 19.3 Å². The third-order valence-electron chi connectivity index (χ3n) is 3.93. The molecule has 1 aromatic rings. The molecule has 1 fully saturated rings. The van der Waals surface area contributed by atoms with Crippen LogP contribution in [0.15, 0.2) is 18.3 Å². The minimum absolute atomic E-state index is 0.0164. The highest BCUT2D eigenvalue weighted by atomic mass is 15.1. The topological polar surface area (TPSA) is 42.1 Å². The van der Waals surface area contributed by atoms with Gasteiger partial charge in [-0.2, -0.15) is 0 Å². The zero-order valence-electron chi connectivity index (χ0n) is 11.6. The van der Waals surface area contributed by atoms with E-state index in [0.717, 1.165) is 18.2 Å². The van der Waals surface area contributed by atoms with Gasteiger partial charge in [0.2, 0.25) is 0 Å². The van der Waals surface area contributed by atoms with E-state index in [-0.39, 0.29) is 6.04 Å². The van der Waals surface area contributed by atoms with Gasteiger partial charge in [0.25, 0.3) is 0 Å². The first-order chi connectivity index (χ1) is 8.66. The average Bonchev–Trinajstić information content (AvgIpc) is 2.40. The van der Waals surface area contributed by atoms with E-state index in [1.807, 2.05) is 19.2 Å². The number of hydrogen-bond acceptors (Lipinski definition) is 3. The first kappa shape index (κ1) is 13.3. The largest absolute Gasteiger partial charge is 0.373 e. The van der Waals surface area contributed by atoms with E-state index in [9.17, 15) is 0 Å². The highest BCUT2D eigenvalue weighted by Crippen LogP contribution is 2.25. The molecule has 1 aliphatic rings. The molecule has 2 rings (SSSR count). The second kappa shape index (κ2) is 6.19. The number of aromatic nitrogens is 1. The Morgan fingerprint density at radius 2 is 2.06 bits per heavy atom. The van der Waals surface area contributed by atoms with E-state index in [4.69, 9.17) is 5.73 Å². The summed E-state index contributed by atoms with van der Waals surface area (Å²) in [6.45, 7) is 3.12. The highest BCUT2D eigenvalue weighted by molar-refractivity contribution is 5.43. The summed E-state index contributed by atoms with van der Waals surface area (Å²) in [6.07, 6.45) is 8.94. The van der Waals surface area contributed by atoms with Crippen LogP contribution in [-0.4, -0.2) is 18.6 Å². The van der Waals surface area contributed by atoms with Crippen LogP contribution in [0.5, 0.6) is 0 Å². The van der Waals surface area contributed by atoms with Crippen molar-refractivity contribution in [2.45, 2.75) is 45.1 Å². The van der Waals surface area contributed by atoms with Crippen LogP contribution in [0.25, 0.3) is 0 Å². The van der Waals surface area contributed by atoms with E-state index in [1.54, 1.807) is 0 Å². The third kappa shape index (κ3) is 3.45. The first-order valence-corrected chi connectivity index (χ1v) is 7.09. The fourth-order valence-corrected chi connectivity index (χ4v) is 2.76. The van der Waals surface area contributed by atoms with Crippen LogP contribution in [0.1, 0.15) is 50.8 Å². The lowest BCUT2D eigenvalue weighted by Crippen LogP contribution is -2.27. The summed E-state index contributed by atoms with van der Waals surface area (Å²) in [5, 5.41) is 0. The summed E-state index contributed by atoms with van der Waals surface area (Å²) < 4.78 is 0. The Labute approximate surface area is 110 Å². The SMILES string of the molecule is C[C@H](N)c1ccc(N(C)CC2CCCCC2)cn1. The zero-order chi connectivity index (χ0) is 13.0. The normalized spacial score (nSPS) is 18.6. The Balaban J connectivity index is 1.93. The van der Waals surface area contributed by atoms with E-state index in [1.165, 1.54) is 37.8 Å². The Morgan fingerprint density at radius 1 is 1.33 bits per heavy atom. The van der Waals surface area contributed by atoms with Gasteiger partial charge in [-0.15, -0.1) is 0 Å². The molecule has 0 bridgehead atoms. The number of pyridine rings is 1. The number of anilines is 1. The number of hydrogen-bond donors (Lipinski definition) is 1. The molecule has 1 aliphatic carbocycles. The third-order valence-corrected chi connectivity index (χ3v) is 3.93. The maximum absolute atomic E-state index is 5.81. The highest BCUT2D eigenvalue weighted by Gasteiger charge is 2.15. The smallest absolute Gasteiger partial charge is 0.0569 e. The molecule has 0 radical (unpaired) electrons. The molecule has 0 saturated heterocycles. The van der Waals surface area contributed by atoms with Crippen molar-refractivity contribution in [2.75, 3.05) is 18.5 Å². The predicted molar refractivity (Wildman–Crippen MR) is 76.7 cm³/mol. The summed E-state index contributed by atoms with van der Waals surface area (Å²) in [7, 11) is 2.16. The molecule has 3 heteroatoms. The second-order valence-electron chi connectivity index (χ2n) is 5.61. The maximum atomic E-state index is 5.81. The van der Waals surface area contributed by atoms with Crippen LogP contribution in [0.4, 0.5) is 5.69 Å². The van der Waals surface area contributed by atoms with Crippen molar-refractivity contribution in [1.82, 2.24) is 4.98 Å². The summed E-state index contributed by atoms with van der Waals surface area (Å²) in [5.41, 5.74) is 7.98. The molecule has 0 aromatic carbocycles. The molecule has 18 heavy (non-hydrogen) atoms. The van der Waals surface area contributed by atoms with Gasteiger partial charge in [-0.3, -0.25) is 4.98 Å². The monoisotopic (exact) mass is 247 g/mol. The van der Waals surface area contributed by atoms with E-state index in [2.05, 4.69) is 23.0 Å². The molecule has 0 unspecified atom stereocenters. The molecule has 0 aliphatic heterocycles. The van der Waals surface area contributed by atoms with Gasteiger partial charge in [-0.25, -0.2) is 0 Å². The van der Waals surface area contributed by atoms with Crippen molar-refractivity contribution in [1.29, 1.82) is 0 Å². The molecule has 1 aromatic heterocycles. The Bertz CT molecular complexity index is 353. The number of nitrogens with zero attached hydrogens (tertiary/aromatic N) is 2. The molecule has 1 saturated carbocycles. The predicted octanol–water partition coefficient (Wildman–Crippen LogP) is 3.12. The van der Waals surface area contributed by atoms with E-state index >= 15 is 0 Å². The van der Waals surface area contributed by atoms with E-state index in [0.29, 0.717) is 0 Å². The molecule has 0 amide bonds. The fourth-order valence-electron chi connectivity index (χ4n) is 2.76. The molecule has 3 nitrogen and oxygen atoms in total. The molecular weight excluding hydrogens is 222 g/mol. The number of nitrogens with two attached hydrogens (primary N) is 1. The molecular formula is C15H25N3. The van der Waals surface area contributed by atoms with Crippen molar-refractivity contribution in [2.24, 2.45) is 11.7 Å². The lowest BCUT2D eigenvalue weighted by Gasteiger charge is -2.28. The summed E-state index contributed by atoms with van der Waals surface area (Å²) in [4.78, 5) is 6.75. The first-order valence-electron chi connectivity index (χ1n) is 7.09. The summed E-state index contributed by atoms with van der Waals surface area (Å²) in [6, 6.07) is 4.19. The van der Waals surface area contributed by atoms with Gasteiger partial charge in [-0.05, 0) is 37.8 Å². The van der Waals surface area contributed by atoms with Crippen molar-refractivity contribution >= 4 is 5.69 Å². The molecule has 100 valence electrons. The van der Waals surface area contributed by atoms with Crippen LogP contribution < -0.4 is 10.6 Å². The van der Waals surface area contributed by atoms with Crippen LogP contribution in [0.3, 0.4) is 0 Å². The molecule has 2 N–H and O–H groups in total. The van der Waals surface area contributed by atoms with Gasteiger partial charge in [0.15, 0.2) is 0 Å². The maximum Gasteiger partial charge on any atom is 0.0569 e. The Kier molecular flexibility index (Phi) is 4.59. The van der Waals surface area contributed by atoms with Gasteiger partial charge in [0.1, 0.15) is 0 Å². The van der Waals surface area contributed by atoms with Crippen molar-refractivity contribution in [3.63, 3.8) is 0 Å². The standard InChI is InChI=1S/C15H25N3/c1-12(16)15-9-8-14(10-17-15)18(2)11-13-6-4-3-5-7-13/h8-10,12-13H,3-7,11,16H2,1-2H3/t12-/m0/s1. The fraction of sp³-hybridized carbons (Fsp3) is 0.667. The zero-order valence-corrected chi connectivity index (χ0v) is 11.6. The van der Waals surface area contributed by atoms with Gasteiger partial charge in [0, 0.05) is 19.6 Å². The van der Waals surface area contributed by atoms with Crippen molar-refractivity contribution in [3.8, 4) is 0 Å². The van der Waals surface area contributed by atoms with Crippen LogP contribution in [0.2, 0.25) is 0 Å². The average molecular weight is 247 g/mol. The Morgan fingerprint density at radius 3 is 2.61 bits per heavy atom. The van der Waals surface area contributed by atoms with Crippen LogP contribution in [-0.2, 0) is 0 Å². The lowest BCUT2D eigenvalue weighted by molar-refractivity contribution is 0.362. The molecule has 1 atom stereocenters.